The zero-order valence-electron chi connectivity index (χ0n) is 8.65. The van der Waals surface area contributed by atoms with Crippen molar-refractivity contribution in [2.24, 2.45) is 5.73 Å². The van der Waals surface area contributed by atoms with Crippen molar-refractivity contribution in [3.8, 4) is 0 Å². The molecule has 1 amide bonds. The molecule has 0 radical (unpaired) electrons. The van der Waals surface area contributed by atoms with E-state index >= 15 is 0 Å². The summed E-state index contributed by atoms with van der Waals surface area (Å²) in [7, 11) is 0. The fourth-order valence-electron chi connectivity index (χ4n) is 2.16. The second kappa shape index (κ2) is 4.30. The highest BCUT2D eigenvalue weighted by atomic mass is 16.1. The maximum atomic E-state index is 11.5. The Bertz CT molecular complexity index is 381. The van der Waals surface area contributed by atoms with Crippen LogP contribution >= 0.6 is 0 Å². The number of hydrogen-bond donors (Lipinski definition) is 1. The molecular formula is C13H15NO. The monoisotopic (exact) mass is 201 g/mol. The molecule has 0 saturated heterocycles. The summed E-state index contributed by atoms with van der Waals surface area (Å²) in [4.78, 5) is 11.5. The molecule has 0 aliphatic heterocycles. The van der Waals surface area contributed by atoms with Crippen LogP contribution in [-0.4, -0.2) is 5.91 Å². The van der Waals surface area contributed by atoms with E-state index in [1.807, 2.05) is 30.3 Å². The van der Waals surface area contributed by atoms with E-state index < -0.39 is 0 Å². The number of amides is 1. The van der Waals surface area contributed by atoms with Crippen LogP contribution in [0, 0.1) is 0 Å². The lowest BCUT2D eigenvalue weighted by molar-refractivity contribution is -0.118. The second-order valence-electron chi connectivity index (χ2n) is 3.92. The molecule has 2 N–H and O–H groups in total. The van der Waals surface area contributed by atoms with Crippen molar-refractivity contribution in [2.45, 2.75) is 25.2 Å². The Hall–Kier alpha value is -1.57. The molecule has 0 bridgehead atoms. The standard InChI is InChI=1S/C13H15NO/c14-13(15)12(11-8-4-5-9-11)10-6-2-1-3-7-10/h1-3,6-8,12H,4-5,9H2,(H2,14,15). The Morgan fingerprint density at radius 3 is 2.53 bits per heavy atom. The molecule has 0 saturated carbocycles. The minimum Gasteiger partial charge on any atom is -0.369 e. The average molecular weight is 201 g/mol. The quantitative estimate of drug-likeness (QED) is 0.749. The van der Waals surface area contributed by atoms with Crippen LogP contribution in [0.15, 0.2) is 42.0 Å². The largest absolute Gasteiger partial charge is 0.369 e. The van der Waals surface area contributed by atoms with Gasteiger partial charge in [0.1, 0.15) is 0 Å². The van der Waals surface area contributed by atoms with Gasteiger partial charge in [-0.2, -0.15) is 0 Å². The van der Waals surface area contributed by atoms with Gasteiger partial charge in [0.05, 0.1) is 5.92 Å². The molecule has 2 nitrogen and oxygen atoms in total. The van der Waals surface area contributed by atoms with Crippen LogP contribution in [0.3, 0.4) is 0 Å². The third kappa shape index (κ3) is 2.09. The average Bonchev–Trinajstić information content (AvgIpc) is 2.72. The number of benzene rings is 1. The Balaban J connectivity index is 2.32. The van der Waals surface area contributed by atoms with Gasteiger partial charge in [0.2, 0.25) is 5.91 Å². The molecule has 1 aromatic rings. The molecule has 1 aliphatic rings. The maximum Gasteiger partial charge on any atom is 0.229 e. The summed E-state index contributed by atoms with van der Waals surface area (Å²) >= 11 is 0. The predicted molar refractivity (Wildman–Crippen MR) is 60.3 cm³/mol. The summed E-state index contributed by atoms with van der Waals surface area (Å²) < 4.78 is 0. The van der Waals surface area contributed by atoms with Gasteiger partial charge in [-0.05, 0) is 24.8 Å². The Labute approximate surface area is 89.8 Å². The SMILES string of the molecule is NC(=O)C(C1=CCCC1)c1ccccc1. The summed E-state index contributed by atoms with van der Waals surface area (Å²) in [5.74, 6) is -0.456. The van der Waals surface area contributed by atoms with Crippen LogP contribution in [0.4, 0.5) is 0 Å². The Morgan fingerprint density at radius 1 is 1.27 bits per heavy atom. The van der Waals surface area contributed by atoms with Crippen LogP contribution in [-0.2, 0) is 4.79 Å². The predicted octanol–water partition coefficient (Wildman–Crippen LogP) is 2.37. The third-order valence-corrected chi connectivity index (χ3v) is 2.86. The molecule has 0 spiro atoms. The number of carbonyl (C=O) groups is 1. The third-order valence-electron chi connectivity index (χ3n) is 2.86. The van der Waals surface area contributed by atoms with E-state index in [0.717, 1.165) is 24.8 Å². The molecule has 2 rings (SSSR count). The number of primary amides is 1. The van der Waals surface area contributed by atoms with Crippen molar-refractivity contribution in [2.75, 3.05) is 0 Å². The topological polar surface area (TPSA) is 43.1 Å². The smallest absolute Gasteiger partial charge is 0.229 e. The van der Waals surface area contributed by atoms with Gasteiger partial charge < -0.3 is 5.73 Å². The molecule has 0 aromatic heterocycles. The van der Waals surface area contributed by atoms with Crippen LogP contribution in [0.2, 0.25) is 0 Å². The summed E-state index contributed by atoms with van der Waals surface area (Å²) in [6, 6.07) is 9.77. The Morgan fingerprint density at radius 2 is 2.00 bits per heavy atom. The summed E-state index contributed by atoms with van der Waals surface area (Å²) in [5.41, 5.74) is 7.67. The molecule has 1 unspecified atom stereocenters. The van der Waals surface area contributed by atoms with Gasteiger partial charge in [-0.1, -0.05) is 42.0 Å². The van der Waals surface area contributed by atoms with E-state index in [0.29, 0.717) is 0 Å². The minimum atomic E-state index is -0.241. The van der Waals surface area contributed by atoms with Gasteiger partial charge in [0.15, 0.2) is 0 Å². The molecule has 0 heterocycles. The lowest BCUT2D eigenvalue weighted by Gasteiger charge is -2.14. The van der Waals surface area contributed by atoms with Crippen molar-refractivity contribution in [3.05, 3.63) is 47.5 Å². The number of hydrogen-bond acceptors (Lipinski definition) is 1. The summed E-state index contributed by atoms with van der Waals surface area (Å²) in [6.45, 7) is 0. The van der Waals surface area contributed by atoms with E-state index in [-0.39, 0.29) is 11.8 Å². The van der Waals surface area contributed by atoms with E-state index in [1.54, 1.807) is 0 Å². The molecule has 1 aromatic carbocycles. The zero-order valence-corrected chi connectivity index (χ0v) is 8.65. The van der Waals surface area contributed by atoms with E-state index in [1.165, 1.54) is 5.57 Å². The highest BCUT2D eigenvalue weighted by molar-refractivity contribution is 5.85. The van der Waals surface area contributed by atoms with Gasteiger partial charge in [-0.3, -0.25) is 4.79 Å². The molecular weight excluding hydrogens is 186 g/mol. The Kier molecular flexibility index (Phi) is 2.86. The van der Waals surface area contributed by atoms with Crippen molar-refractivity contribution in [3.63, 3.8) is 0 Å². The van der Waals surface area contributed by atoms with E-state index in [2.05, 4.69) is 6.08 Å². The molecule has 0 fully saturated rings. The van der Waals surface area contributed by atoms with E-state index in [9.17, 15) is 4.79 Å². The molecule has 2 heteroatoms. The van der Waals surface area contributed by atoms with Crippen LogP contribution in [0.5, 0.6) is 0 Å². The first-order valence-corrected chi connectivity index (χ1v) is 5.32. The van der Waals surface area contributed by atoms with Gasteiger partial charge in [-0.25, -0.2) is 0 Å². The van der Waals surface area contributed by atoms with Crippen molar-refractivity contribution < 1.29 is 4.79 Å². The fraction of sp³-hybridized carbons (Fsp3) is 0.308. The number of rotatable bonds is 3. The van der Waals surface area contributed by atoms with Crippen molar-refractivity contribution >= 4 is 5.91 Å². The first-order chi connectivity index (χ1) is 7.29. The highest BCUT2D eigenvalue weighted by Gasteiger charge is 2.23. The molecule has 1 atom stereocenters. The lowest BCUT2D eigenvalue weighted by atomic mass is 9.90. The lowest BCUT2D eigenvalue weighted by Crippen LogP contribution is -2.22. The maximum absolute atomic E-state index is 11.5. The number of carbonyl (C=O) groups excluding carboxylic acids is 1. The van der Waals surface area contributed by atoms with Crippen LogP contribution in [0.1, 0.15) is 30.7 Å². The molecule has 78 valence electrons. The molecule has 1 aliphatic carbocycles. The highest BCUT2D eigenvalue weighted by Crippen LogP contribution is 2.32. The second-order valence-corrected chi connectivity index (χ2v) is 3.92. The van der Waals surface area contributed by atoms with Gasteiger partial charge in [0.25, 0.3) is 0 Å². The van der Waals surface area contributed by atoms with Gasteiger partial charge in [0, 0.05) is 0 Å². The van der Waals surface area contributed by atoms with Crippen molar-refractivity contribution in [1.82, 2.24) is 0 Å². The van der Waals surface area contributed by atoms with Gasteiger partial charge in [-0.15, -0.1) is 0 Å². The summed E-state index contributed by atoms with van der Waals surface area (Å²) in [5, 5.41) is 0. The first kappa shape index (κ1) is 9.97. The minimum absolute atomic E-state index is 0.214. The number of allylic oxidation sites excluding steroid dienone is 1. The first-order valence-electron chi connectivity index (χ1n) is 5.32. The van der Waals surface area contributed by atoms with Crippen molar-refractivity contribution in [1.29, 1.82) is 0 Å². The molecule has 15 heavy (non-hydrogen) atoms. The van der Waals surface area contributed by atoms with E-state index in [4.69, 9.17) is 5.73 Å². The van der Waals surface area contributed by atoms with Gasteiger partial charge >= 0.3 is 0 Å². The van der Waals surface area contributed by atoms with Crippen LogP contribution < -0.4 is 5.73 Å². The normalized spacial score (nSPS) is 17.2. The number of nitrogens with two attached hydrogens (primary N) is 1. The fourth-order valence-corrected chi connectivity index (χ4v) is 2.16. The zero-order chi connectivity index (χ0) is 10.7. The summed E-state index contributed by atoms with van der Waals surface area (Å²) in [6.07, 6.45) is 5.38. The van der Waals surface area contributed by atoms with Crippen LogP contribution in [0.25, 0.3) is 0 Å².